The summed E-state index contributed by atoms with van der Waals surface area (Å²) in [5.74, 6) is -3.31. The van der Waals surface area contributed by atoms with E-state index in [1.165, 1.54) is 36.4 Å². The third-order valence-corrected chi connectivity index (χ3v) is 3.80. The van der Waals surface area contributed by atoms with E-state index in [2.05, 4.69) is 0 Å². The Bertz CT molecular complexity index is 765. The second-order valence-corrected chi connectivity index (χ2v) is 7.03. The van der Waals surface area contributed by atoms with Gasteiger partial charge in [0.15, 0.2) is 5.60 Å². The van der Waals surface area contributed by atoms with Crippen LogP contribution in [0.1, 0.15) is 44.4 Å². The van der Waals surface area contributed by atoms with Gasteiger partial charge in [-0.25, -0.2) is 4.79 Å². The molecule has 0 amide bonds. The topological polar surface area (TPSA) is 35.5 Å². The molecule has 0 aliphatic carbocycles. The number of esters is 1. The van der Waals surface area contributed by atoms with Crippen molar-refractivity contribution < 1.29 is 23.0 Å². The van der Waals surface area contributed by atoms with Gasteiger partial charge in [0.25, 0.3) is 5.92 Å². The fraction of sp³-hybridized carbons (Fsp3) is 0.381. The van der Waals surface area contributed by atoms with Crippen LogP contribution in [0.15, 0.2) is 48.5 Å². The Hall–Kier alpha value is -2.43. The lowest BCUT2D eigenvalue weighted by atomic mass is 9.99. The lowest BCUT2D eigenvalue weighted by Gasteiger charge is -2.26. The van der Waals surface area contributed by atoms with Crippen molar-refractivity contribution in [1.82, 2.24) is 0 Å². The summed E-state index contributed by atoms with van der Waals surface area (Å²) in [6, 6.07) is 11.7. The lowest BCUT2D eigenvalue weighted by molar-refractivity contribution is -0.163. The summed E-state index contributed by atoms with van der Waals surface area (Å²) in [6.07, 6.45) is -0.263. The first kappa shape index (κ1) is 19.9. The number of aryl methyl sites for hydroxylation is 1. The van der Waals surface area contributed by atoms with Crippen LogP contribution in [-0.4, -0.2) is 17.7 Å². The summed E-state index contributed by atoms with van der Waals surface area (Å²) in [5.41, 5.74) is -0.650. The van der Waals surface area contributed by atoms with Crippen LogP contribution in [0, 0.1) is 6.92 Å². The maximum atomic E-state index is 14.7. The second kappa shape index (κ2) is 7.44. The van der Waals surface area contributed by atoms with E-state index in [0.29, 0.717) is 5.75 Å². The largest absolute Gasteiger partial charge is 0.476 e. The maximum Gasteiger partial charge on any atom is 0.350 e. The molecule has 140 valence electrons. The Morgan fingerprint density at radius 2 is 1.62 bits per heavy atom. The Morgan fingerprint density at radius 1 is 1.00 bits per heavy atom. The highest BCUT2D eigenvalue weighted by molar-refractivity contribution is 5.79. The number of benzene rings is 2. The molecular weight excluding hydrogens is 338 g/mol. The number of carbonyl (C=O) groups is 1. The van der Waals surface area contributed by atoms with Gasteiger partial charge in [-0.05, 0) is 65.0 Å². The Kier molecular flexibility index (Phi) is 5.69. The van der Waals surface area contributed by atoms with Crippen LogP contribution in [-0.2, 0) is 15.5 Å². The first-order valence-corrected chi connectivity index (χ1v) is 8.48. The second-order valence-electron chi connectivity index (χ2n) is 7.03. The molecular formula is C21H24F2O3. The van der Waals surface area contributed by atoms with Crippen molar-refractivity contribution in [3.05, 3.63) is 65.2 Å². The first-order valence-electron chi connectivity index (χ1n) is 8.48. The average Bonchev–Trinajstić information content (AvgIpc) is 2.54. The summed E-state index contributed by atoms with van der Waals surface area (Å²) in [6.45, 7) is 8.42. The van der Waals surface area contributed by atoms with Crippen LogP contribution in [0.5, 0.6) is 5.75 Å². The average molecular weight is 362 g/mol. The van der Waals surface area contributed by atoms with Crippen molar-refractivity contribution in [3.63, 3.8) is 0 Å². The molecule has 0 spiro atoms. The lowest BCUT2D eigenvalue weighted by Crippen LogP contribution is -2.40. The summed E-state index contributed by atoms with van der Waals surface area (Å²) in [5, 5.41) is 0. The zero-order valence-electron chi connectivity index (χ0n) is 15.7. The van der Waals surface area contributed by atoms with Crippen molar-refractivity contribution in [3.8, 4) is 5.75 Å². The monoisotopic (exact) mass is 362 g/mol. The minimum Gasteiger partial charge on any atom is -0.476 e. The molecule has 0 atom stereocenters. The molecule has 0 aliphatic rings. The molecule has 0 heterocycles. The van der Waals surface area contributed by atoms with Crippen molar-refractivity contribution in [1.29, 1.82) is 0 Å². The van der Waals surface area contributed by atoms with Gasteiger partial charge in [-0.2, -0.15) is 8.78 Å². The van der Waals surface area contributed by atoms with E-state index in [1.54, 1.807) is 46.8 Å². The van der Waals surface area contributed by atoms with Gasteiger partial charge in [0, 0.05) is 11.1 Å². The van der Waals surface area contributed by atoms with Crippen molar-refractivity contribution in [2.45, 2.75) is 52.2 Å². The molecule has 2 rings (SSSR count). The Labute approximate surface area is 152 Å². The van der Waals surface area contributed by atoms with E-state index >= 15 is 0 Å². The summed E-state index contributed by atoms with van der Waals surface area (Å²) >= 11 is 0. The van der Waals surface area contributed by atoms with Crippen LogP contribution >= 0.6 is 0 Å². The maximum absolute atomic E-state index is 14.7. The van der Waals surface area contributed by atoms with Gasteiger partial charge >= 0.3 is 5.97 Å². The molecule has 0 aromatic heterocycles. The van der Waals surface area contributed by atoms with Gasteiger partial charge < -0.3 is 9.47 Å². The predicted octanol–water partition coefficient (Wildman–Crippen LogP) is 5.24. The number of hydrogen-bond acceptors (Lipinski definition) is 3. The zero-order chi connectivity index (χ0) is 19.5. The SMILES string of the molecule is Cc1cccc(C(F)(F)c2ccc(OC(C)(C)C(=O)OC(C)C)cc2)c1. The van der Waals surface area contributed by atoms with E-state index in [-0.39, 0.29) is 17.2 Å². The highest BCUT2D eigenvalue weighted by atomic mass is 19.3. The molecule has 0 unspecified atom stereocenters. The van der Waals surface area contributed by atoms with E-state index in [4.69, 9.17) is 9.47 Å². The molecule has 0 aliphatic heterocycles. The van der Waals surface area contributed by atoms with Crippen LogP contribution < -0.4 is 4.74 Å². The van der Waals surface area contributed by atoms with Gasteiger partial charge in [0.2, 0.25) is 0 Å². The summed E-state index contributed by atoms with van der Waals surface area (Å²) in [7, 11) is 0. The summed E-state index contributed by atoms with van der Waals surface area (Å²) in [4.78, 5) is 12.1. The van der Waals surface area contributed by atoms with Crippen LogP contribution in [0.3, 0.4) is 0 Å². The summed E-state index contributed by atoms with van der Waals surface area (Å²) < 4.78 is 40.2. The highest BCUT2D eigenvalue weighted by Gasteiger charge is 2.35. The van der Waals surface area contributed by atoms with Gasteiger partial charge in [0.05, 0.1) is 6.10 Å². The number of alkyl halides is 2. The number of hydrogen-bond donors (Lipinski definition) is 0. The molecule has 3 nitrogen and oxygen atoms in total. The molecule has 26 heavy (non-hydrogen) atoms. The number of ether oxygens (including phenoxy) is 2. The molecule has 0 saturated heterocycles. The fourth-order valence-corrected chi connectivity index (χ4v) is 2.43. The first-order chi connectivity index (χ1) is 12.0. The van der Waals surface area contributed by atoms with Crippen molar-refractivity contribution in [2.75, 3.05) is 0 Å². The molecule has 5 heteroatoms. The number of rotatable bonds is 6. The fourth-order valence-electron chi connectivity index (χ4n) is 2.43. The Morgan fingerprint density at radius 3 is 2.15 bits per heavy atom. The van der Waals surface area contributed by atoms with Gasteiger partial charge in [-0.15, -0.1) is 0 Å². The van der Waals surface area contributed by atoms with Gasteiger partial charge in [-0.3, -0.25) is 0 Å². The number of carbonyl (C=O) groups excluding carboxylic acids is 1. The van der Waals surface area contributed by atoms with Crippen molar-refractivity contribution >= 4 is 5.97 Å². The zero-order valence-corrected chi connectivity index (χ0v) is 15.7. The number of halogens is 2. The molecule has 0 radical (unpaired) electrons. The van der Waals surface area contributed by atoms with E-state index in [0.717, 1.165) is 5.56 Å². The van der Waals surface area contributed by atoms with E-state index in [9.17, 15) is 13.6 Å². The highest BCUT2D eigenvalue weighted by Crippen LogP contribution is 2.36. The van der Waals surface area contributed by atoms with E-state index in [1.807, 2.05) is 0 Å². The molecule has 2 aromatic carbocycles. The van der Waals surface area contributed by atoms with Crippen LogP contribution in [0.2, 0.25) is 0 Å². The molecule has 0 fully saturated rings. The minimum absolute atomic E-state index is 0.0630. The molecule has 2 aromatic rings. The Balaban J connectivity index is 2.19. The predicted molar refractivity (Wildman–Crippen MR) is 96.6 cm³/mol. The third-order valence-electron chi connectivity index (χ3n) is 3.80. The molecule has 0 saturated carbocycles. The van der Waals surface area contributed by atoms with Crippen molar-refractivity contribution in [2.24, 2.45) is 0 Å². The van der Waals surface area contributed by atoms with Crippen LogP contribution in [0.25, 0.3) is 0 Å². The van der Waals surface area contributed by atoms with E-state index < -0.39 is 17.5 Å². The van der Waals surface area contributed by atoms with Crippen LogP contribution in [0.4, 0.5) is 8.78 Å². The normalized spacial score (nSPS) is 12.2. The molecule has 0 N–H and O–H groups in total. The molecule has 0 bridgehead atoms. The third kappa shape index (κ3) is 4.59. The smallest absolute Gasteiger partial charge is 0.350 e. The van der Waals surface area contributed by atoms with Gasteiger partial charge in [0.1, 0.15) is 5.75 Å². The standard InChI is InChI=1S/C21H24F2O3/c1-14(2)25-19(24)20(4,5)26-18-11-9-16(10-12-18)21(22,23)17-8-6-7-15(3)13-17/h6-14H,1-5H3. The minimum atomic E-state index is -3.11. The van der Waals surface area contributed by atoms with Gasteiger partial charge in [-0.1, -0.05) is 23.8 Å². The quantitative estimate of drug-likeness (QED) is 0.659.